The third-order valence-corrected chi connectivity index (χ3v) is 4.26. The molecule has 86 valence electrons. The molecular formula is C13H19N3. The van der Waals surface area contributed by atoms with E-state index in [1.165, 1.54) is 25.7 Å². The molecule has 0 saturated heterocycles. The highest BCUT2D eigenvalue weighted by Gasteiger charge is 2.39. The van der Waals surface area contributed by atoms with E-state index >= 15 is 0 Å². The van der Waals surface area contributed by atoms with E-state index in [1.54, 1.807) is 0 Å². The quantitative estimate of drug-likeness (QED) is 0.827. The van der Waals surface area contributed by atoms with E-state index in [0.29, 0.717) is 6.04 Å². The lowest BCUT2D eigenvalue weighted by Crippen LogP contribution is -2.26. The normalized spacial score (nSPS) is 32.0. The van der Waals surface area contributed by atoms with Gasteiger partial charge in [0.05, 0.1) is 17.6 Å². The summed E-state index contributed by atoms with van der Waals surface area (Å²) in [5, 5.41) is 3.57. The Labute approximate surface area is 96.7 Å². The molecular weight excluding hydrogens is 198 g/mol. The van der Waals surface area contributed by atoms with Crippen LogP contribution in [0.1, 0.15) is 37.1 Å². The zero-order valence-electron chi connectivity index (χ0n) is 10.0. The number of aryl methyl sites for hydroxylation is 2. The monoisotopic (exact) mass is 217 g/mol. The van der Waals surface area contributed by atoms with Gasteiger partial charge < -0.3 is 5.32 Å². The zero-order valence-corrected chi connectivity index (χ0v) is 10.0. The smallest absolute Gasteiger partial charge is 0.145 e. The van der Waals surface area contributed by atoms with Crippen molar-refractivity contribution in [1.82, 2.24) is 9.97 Å². The van der Waals surface area contributed by atoms with Gasteiger partial charge in [0.25, 0.3) is 0 Å². The lowest BCUT2D eigenvalue weighted by Gasteiger charge is -2.23. The van der Waals surface area contributed by atoms with Crippen LogP contribution in [0.25, 0.3) is 0 Å². The third kappa shape index (κ3) is 1.68. The van der Waals surface area contributed by atoms with Gasteiger partial charge in [0.15, 0.2) is 0 Å². The Morgan fingerprint density at radius 1 is 1.19 bits per heavy atom. The van der Waals surface area contributed by atoms with Crippen molar-refractivity contribution in [2.24, 2.45) is 11.8 Å². The number of fused-ring (bicyclic) bond motifs is 2. The van der Waals surface area contributed by atoms with Crippen LogP contribution in [0.2, 0.25) is 0 Å². The van der Waals surface area contributed by atoms with Crippen molar-refractivity contribution in [3.63, 3.8) is 0 Å². The van der Waals surface area contributed by atoms with Crippen LogP contribution in [0.15, 0.2) is 6.20 Å². The van der Waals surface area contributed by atoms with E-state index in [0.717, 1.165) is 29.0 Å². The second-order valence-electron chi connectivity index (χ2n) is 5.35. The van der Waals surface area contributed by atoms with Crippen LogP contribution in [-0.2, 0) is 0 Å². The first-order valence-electron chi connectivity index (χ1n) is 6.29. The Balaban J connectivity index is 1.72. The predicted molar refractivity (Wildman–Crippen MR) is 64.4 cm³/mol. The van der Waals surface area contributed by atoms with Crippen molar-refractivity contribution >= 4 is 5.82 Å². The van der Waals surface area contributed by atoms with Gasteiger partial charge in [-0.25, -0.2) is 4.98 Å². The Bertz CT molecular complexity index is 402. The van der Waals surface area contributed by atoms with Crippen LogP contribution in [-0.4, -0.2) is 16.0 Å². The standard InChI is InChI=1S/C13H19N3/c1-8-9(2)15-13(7-14-8)16-12-6-10-3-4-11(12)5-10/h7,10-12H,3-6H2,1-2H3,(H,15,16). The van der Waals surface area contributed by atoms with E-state index in [9.17, 15) is 0 Å². The Hall–Kier alpha value is -1.12. The maximum Gasteiger partial charge on any atom is 0.145 e. The summed E-state index contributed by atoms with van der Waals surface area (Å²) in [5.74, 6) is 2.82. The molecule has 2 saturated carbocycles. The molecule has 3 heteroatoms. The highest BCUT2D eigenvalue weighted by atomic mass is 15.0. The topological polar surface area (TPSA) is 37.8 Å². The first-order valence-corrected chi connectivity index (χ1v) is 6.29. The molecule has 1 N–H and O–H groups in total. The summed E-state index contributed by atoms with van der Waals surface area (Å²) in [6.07, 6.45) is 7.48. The predicted octanol–water partition coefficient (Wildman–Crippen LogP) is 2.69. The van der Waals surface area contributed by atoms with Crippen LogP contribution in [0.4, 0.5) is 5.82 Å². The molecule has 3 unspecified atom stereocenters. The summed E-state index contributed by atoms with van der Waals surface area (Å²) >= 11 is 0. The molecule has 0 radical (unpaired) electrons. The van der Waals surface area contributed by atoms with Crippen molar-refractivity contribution in [3.05, 3.63) is 17.6 Å². The molecule has 1 aromatic heterocycles. The molecule has 16 heavy (non-hydrogen) atoms. The SMILES string of the molecule is Cc1ncc(NC2CC3CCC2C3)nc1C. The van der Waals surface area contributed by atoms with Crippen LogP contribution < -0.4 is 5.32 Å². The molecule has 2 aliphatic carbocycles. The average Bonchev–Trinajstić information content (AvgIpc) is 2.85. The fourth-order valence-corrected chi connectivity index (χ4v) is 3.22. The molecule has 0 amide bonds. The molecule has 1 aromatic rings. The van der Waals surface area contributed by atoms with Gasteiger partial charge >= 0.3 is 0 Å². The summed E-state index contributed by atoms with van der Waals surface area (Å²) in [7, 11) is 0. The third-order valence-electron chi connectivity index (χ3n) is 4.26. The van der Waals surface area contributed by atoms with E-state index in [1.807, 2.05) is 20.0 Å². The van der Waals surface area contributed by atoms with Gasteiger partial charge in [-0.3, -0.25) is 4.98 Å². The number of hydrogen-bond acceptors (Lipinski definition) is 3. The van der Waals surface area contributed by atoms with E-state index in [-0.39, 0.29) is 0 Å². The largest absolute Gasteiger partial charge is 0.366 e. The van der Waals surface area contributed by atoms with Gasteiger partial charge in [-0.2, -0.15) is 0 Å². The minimum atomic E-state index is 0.648. The van der Waals surface area contributed by atoms with E-state index in [2.05, 4.69) is 15.3 Å². The van der Waals surface area contributed by atoms with Crippen LogP contribution in [0.5, 0.6) is 0 Å². The van der Waals surface area contributed by atoms with Gasteiger partial charge in [0.1, 0.15) is 5.82 Å². The number of aromatic nitrogens is 2. The molecule has 0 spiro atoms. The summed E-state index contributed by atoms with van der Waals surface area (Å²) in [6.45, 7) is 4.03. The highest BCUT2D eigenvalue weighted by Crippen LogP contribution is 2.45. The molecule has 2 fully saturated rings. The first-order chi connectivity index (χ1) is 7.72. The molecule has 3 nitrogen and oxygen atoms in total. The molecule has 3 rings (SSSR count). The van der Waals surface area contributed by atoms with Crippen molar-refractivity contribution < 1.29 is 0 Å². The molecule has 2 bridgehead atoms. The highest BCUT2D eigenvalue weighted by molar-refractivity contribution is 5.35. The average molecular weight is 217 g/mol. The zero-order chi connectivity index (χ0) is 11.1. The molecule has 3 atom stereocenters. The van der Waals surface area contributed by atoms with Crippen LogP contribution in [0, 0.1) is 25.7 Å². The maximum absolute atomic E-state index is 4.55. The van der Waals surface area contributed by atoms with Gasteiger partial charge in [0.2, 0.25) is 0 Å². The summed E-state index contributed by atoms with van der Waals surface area (Å²) in [4.78, 5) is 8.90. The fraction of sp³-hybridized carbons (Fsp3) is 0.692. The summed E-state index contributed by atoms with van der Waals surface area (Å²) in [5.41, 5.74) is 2.06. The Kier molecular flexibility index (Phi) is 2.34. The molecule has 2 aliphatic rings. The second kappa shape index (κ2) is 3.72. The lowest BCUT2D eigenvalue weighted by molar-refractivity contribution is 0.439. The molecule has 0 aromatic carbocycles. The van der Waals surface area contributed by atoms with Crippen molar-refractivity contribution in [2.45, 2.75) is 45.6 Å². The van der Waals surface area contributed by atoms with E-state index in [4.69, 9.17) is 0 Å². The number of nitrogens with zero attached hydrogens (tertiary/aromatic N) is 2. The summed E-state index contributed by atoms with van der Waals surface area (Å²) in [6, 6.07) is 0.648. The number of rotatable bonds is 2. The van der Waals surface area contributed by atoms with Crippen molar-refractivity contribution in [1.29, 1.82) is 0 Å². The first kappa shape index (κ1) is 10.1. The number of nitrogens with one attached hydrogen (secondary N) is 1. The summed E-state index contributed by atoms with van der Waals surface area (Å²) < 4.78 is 0. The van der Waals surface area contributed by atoms with Gasteiger partial charge in [-0.15, -0.1) is 0 Å². The van der Waals surface area contributed by atoms with Gasteiger partial charge in [-0.1, -0.05) is 6.42 Å². The van der Waals surface area contributed by atoms with Gasteiger partial charge in [0, 0.05) is 6.04 Å². The fourth-order valence-electron chi connectivity index (χ4n) is 3.22. The van der Waals surface area contributed by atoms with Crippen molar-refractivity contribution in [2.75, 3.05) is 5.32 Å². The molecule has 1 heterocycles. The van der Waals surface area contributed by atoms with Crippen LogP contribution in [0.3, 0.4) is 0 Å². The lowest BCUT2D eigenvalue weighted by atomic mass is 9.95. The Morgan fingerprint density at radius 2 is 2.06 bits per heavy atom. The Morgan fingerprint density at radius 3 is 2.69 bits per heavy atom. The van der Waals surface area contributed by atoms with Crippen molar-refractivity contribution in [3.8, 4) is 0 Å². The minimum absolute atomic E-state index is 0.648. The number of anilines is 1. The number of hydrogen-bond donors (Lipinski definition) is 1. The van der Waals surface area contributed by atoms with E-state index < -0.39 is 0 Å². The van der Waals surface area contributed by atoms with Gasteiger partial charge in [-0.05, 0) is 44.9 Å². The minimum Gasteiger partial charge on any atom is -0.366 e. The molecule has 0 aliphatic heterocycles. The van der Waals surface area contributed by atoms with Crippen LogP contribution >= 0.6 is 0 Å². The maximum atomic E-state index is 4.55. The second-order valence-corrected chi connectivity index (χ2v) is 5.35.